The summed E-state index contributed by atoms with van der Waals surface area (Å²) < 4.78 is 0. The SMILES string of the molecule is Nc1ccc(C2(C(=O)NCC3CCCCC3O)CC2)cc1. The summed E-state index contributed by atoms with van der Waals surface area (Å²) in [6.07, 6.45) is 5.67. The number of nitrogens with two attached hydrogens (primary N) is 1. The molecule has 2 atom stereocenters. The number of hydrogen-bond acceptors (Lipinski definition) is 3. The van der Waals surface area contributed by atoms with Gasteiger partial charge in [-0.3, -0.25) is 4.79 Å². The standard InChI is InChI=1S/C17H24N2O2/c18-14-7-5-13(6-8-14)17(9-10-17)16(21)19-11-12-3-1-2-4-15(12)20/h5-8,12,15,20H,1-4,9-11,18H2,(H,19,21). The number of carbonyl (C=O) groups excluding carboxylic acids is 1. The van der Waals surface area contributed by atoms with Crippen LogP contribution in [0.25, 0.3) is 0 Å². The van der Waals surface area contributed by atoms with Crippen LogP contribution in [-0.2, 0) is 10.2 Å². The minimum Gasteiger partial charge on any atom is -0.399 e. The maximum atomic E-state index is 12.5. The van der Waals surface area contributed by atoms with Gasteiger partial charge in [-0.1, -0.05) is 25.0 Å². The fourth-order valence-corrected chi connectivity index (χ4v) is 3.39. The van der Waals surface area contributed by atoms with Crippen LogP contribution < -0.4 is 11.1 Å². The molecule has 1 aromatic rings. The van der Waals surface area contributed by atoms with Gasteiger partial charge in [0, 0.05) is 18.2 Å². The molecule has 4 heteroatoms. The Labute approximate surface area is 125 Å². The second-order valence-corrected chi connectivity index (χ2v) is 6.53. The predicted octanol–water partition coefficient (Wildman–Crippen LogP) is 1.97. The van der Waals surface area contributed by atoms with Crippen LogP contribution in [-0.4, -0.2) is 23.7 Å². The van der Waals surface area contributed by atoms with Crippen LogP contribution in [0.3, 0.4) is 0 Å². The van der Waals surface area contributed by atoms with Crippen LogP contribution in [0.15, 0.2) is 24.3 Å². The smallest absolute Gasteiger partial charge is 0.230 e. The van der Waals surface area contributed by atoms with E-state index in [1.165, 1.54) is 0 Å². The first-order valence-electron chi connectivity index (χ1n) is 7.94. The molecule has 21 heavy (non-hydrogen) atoms. The molecule has 2 fully saturated rings. The van der Waals surface area contributed by atoms with E-state index in [1.807, 2.05) is 24.3 Å². The van der Waals surface area contributed by atoms with Crippen molar-refractivity contribution in [3.05, 3.63) is 29.8 Å². The number of aliphatic hydroxyl groups is 1. The molecule has 4 nitrogen and oxygen atoms in total. The van der Waals surface area contributed by atoms with Gasteiger partial charge in [0.2, 0.25) is 5.91 Å². The van der Waals surface area contributed by atoms with Gasteiger partial charge in [0.1, 0.15) is 0 Å². The molecule has 0 aliphatic heterocycles. The third-order valence-corrected chi connectivity index (χ3v) is 5.04. The number of nitrogens with one attached hydrogen (secondary N) is 1. The summed E-state index contributed by atoms with van der Waals surface area (Å²) in [7, 11) is 0. The molecule has 2 saturated carbocycles. The summed E-state index contributed by atoms with van der Waals surface area (Å²) >= 11 is 0. The molecule has 0 heterocycles. The van der Waals surface area contributed by atoms with Gasteiger partial charge in [-0.15, -0.1) is 0 Å². The first-order chi connectivity index (χ1) is 10.1. The molecular weight excluding hydrogens is 264 g/mol. The van der Waals surface area contributed by atoms with Gasteiger partial charge in [-0.05, 0) is 43.4 Å². The molecule has 1 aromatic carbocycles. The van der Waals surface area contributed by atoms with Crippen molar-refractivity contribution in [2.24, 2.45) is 5.92 Å². The first-order valence-corrected chi connectivity index (χ1v) is 7.94. The zero-order chi connectivity index (χ0) is 14.9. The number of benzene rings is 1. The molecule has 114 valence electrons. The van der Waals surface area contributed by atoms with Crippen molar-refractivity contribution >= 4 is 11.6 Å². The highest BCUT2D eigenvalue weighted by atomic mass is 16.3. The zero-order valence-electron chi connectivity index (χ0n) is 12.3. The minimum atomic E-state index is -0.354. The second-order valence-electron chi connectivity index (χ2n) is 6.53. The molecule has 1 amide bonds. The van der Waals surface area contributed by atoms with Crippen molar-refractivity contribution in [2.45, 2.75) is 50.0 Å². The van der Waals surface area contributed by atoms with Crippen molar-refractivity contribution in [1.82, 2.24) is 5.32 Å². The third-order valence-electron chi connectivity index (χ3n) is 5.04. The van der Waals surface area contributed by atoms with Crippen LogP contribution >= 0.6 is 0 Å². The maximum absolute atomic E-state index is 12.5. The molecule has 3 rings (SSSR count). The average molecular weight is 288 g/mol. The summed E-state index contributed by atoms with van der Waals surface area (Å²) in [5, 5.41) is 13.1. The van der Waals surface area contributed by atoms with Crippen molar-refractivity contribution in [3.8, 4) is 0 Å². The Hall–Kier alpha value is -1.55. The molecular formula is C17H24N2O2. The van der Waals surface area contributed by atoms with Gasteiger partial charge < -0.3 is 16.2 Å². The lowest BCUT2D eigenvalue weighted by Crippen LogP contribution is -2.41. The molecule has 2 aliphatic carbocycles. The molecule has 0 aromatic heterocycles. The molecule has 0 spiro atoms. The number of aliphatic hydroxyl groups excluding tert-OH is 1. The molecule has 2 unspecified atom stereocenters. The van der Waals surface area contributed by atoms with E-state index < -0.39 is 0 Å². The summed E-state index contributed by atoms with van der Waals surface area (Å²) in [5.41, 5.74) is 7.13. The summed E-state index contributed by atoms with van der Waals surface area (Å²) in [6.45, 7) is 0.594. The van der Waals surface area contributed by atoms with Crippen LogP contribution in [0.2, 0.25) is 0 Å². The highest BCUT2D eigenvalue weighted by Crippen LogP contribution is 2.48. The van der Waals surface area contributed by atoms with Gasteiger partial charge in [0.25, 0.3) is 0 Å². The van der Waals surface area contributed by atoms with E-state index in [2.05, 4.69) is 5.32 Å². The van der Waals surface area contributed by atoms with E-state index in [9.17, 15) is 9.90 Å². The van der Waals surface area contributed by atoms with Crippen molar-refractivity contribution < 1.29 is 9.90 Å². The van der Waals surface area contributed by atoms with Gasteiger partial charge in [-0.25, -0.2) is 0 Å². The topological polar surface area (TPSA) is 75.4 Å². The Balaban J connectivity index is 1.61. The number of rotatable bonds is 4. The van der Waals surface area contributed by atoms with Gasteiger partial charge in [0.15, 0.2) is 0 Å². The number of amides is 1. The lowest BCUT2D eigenvalue weighted by Gasteiger charge is -2.28. The van der Waals surface area contributed by atoms with Gasteiger partial charge in [0.05, 0.1) is 11.5 Å². The van der Waals surface area contributed by atoms with E-state index in [4.69, 9.17) is 5.73 Å². The number of anilines is 1. The van der Waals surface area contributed by atoms with Crippen molar-refractivity contribution in [3.63, 3.8) is 0 Å². The Morgan fingerprint density at radius 1 is 1.24 bits per heavy atom. The quantitative estimate of drug-likeness (QED) is 0.741. The Kier molecular flexibility index (Phi) is 3.89. The second kappa shape index (κ2) is 5.68. The normalized spacial score (nSPS) is 27.1. The molecule has 2 aliphatic rings. The molecule has 4 N–H and O–H groups in total. The summed E-state index contributed by atoms with van der Waals surface area (Å²) in [5.74, 6) is 0.315. The monoisotopic (exact) mass is 288 g/mol. The predicted molar refractivity (Wildman–Crippen MR) is 82.7 cm³/mol. The minimum absolute atomic E-state index is 0.102. The summed E-state index contributed by atoms with van der Waals surface area (Å²) in [4.78, 5) is 12.5. The fourth-order valence-electron chi connectivity index (χ4n) is 3.39. The molecule has 0 bridgehead atoms. The largest absolute Gasteiger partial charge is 0.399 e. The van der Waals surface area contributed by atoms with E-state index in [-0.39, 0.29) is 23.3 Å². The number of carbonyl (C=O) groups is 1. The maximum Gasteiger partial charge on any atom is 0.230 e. The van der Waals surface area contributed by atoms with Crippen molar-refractivity contribution in [2.75, 3.05) is 12.3 Å². The van der Waals surface area contributed by atoms with Crippen LogP contribution in [0, 0.1) is 5.92 Å². The zero-order valence-corrected chi connectivity index (χ0v) is 12.3. The first kappa shape index (κ1) is 14.4. The average Bonchev–Trinajstić information content (AvgIpc) is 3.28. The highest BCUT2D eigenvalue weighted by Gasteiger charge is 2.51. The Bertz CT molecular complexity index is 508. The lowest BCUT2D eigenvalue weighted by atomic mass is 9.86. The number of hydrogen-bond donors (Lipinski definition) is 3. The van der Waals surface area contributed by atoms with Gasteiger partial charge in [-0.2, -0.15) is 0 Å². The highest BCUT2D eigenvalue weighted by molar-refractivity contribution is 5.91. The van der Waals surface area contributed by atoms with Crippen LogP contribution in [0.1, 0.15) is 44.1 Å². The van der Waals surface area contributed by atoms with E-state index in [0.29, 0.717) is 6.54 Å². The molecule has 0 saturated heterocycles. The van der Waals surface area contributed by atoms with E-state index in [0.717, 1.165) is 49.8 Å². The lowest BCUT2D eigenvalue weighted by molar-refractivity contribution is -0.124. The molecule has 0 radical (unpaired) electrons. The fraction of sp³-hybridized carbons (Fsp3) is 0.588. The van der Waals surface area contributed by atoms with Crippen molar-refractivity contribution in [1.29, 1.82) is 0 Å². The van der Waals surface area contributed by atoms with Crippen LogP contribution in [0.5, 0.6) is 0 Å². The van der Waals surface area contributed by atoms with Crippen LogP contribution in [0.4, 0.5) is 5.69 Å². The number of nitrogen functional groups attached to an aromatic ring is 1. The van der Waals surface area contributed by atoms with E-state index in [1.54, 1.807) is 0 Å². The Morgan fingerprint density at radius 2 is 1.90 bits per heavy atom. The Morgan fingerprint density at radius 3 is 2.52 bits per heavy atom. The van der Waals surface area contributed by atoms with E-state index >= 15 is 0 Å². The van der Waals surface area contributed by atoms with Gasteiger partial charge >= 0.3 is 0 Å². The summed E-state index contributed by atoms with van der Waals surface area (Å²) in [6, 6.07) is 7.62. The third kappa shape index (κ3) is 2.91.